The van der Waals surface area contributed by atoms with E-state index in [4.69, 9.17) is 4.74 Å². The Labute approximate surface area is 163 Å². The van der Waals surface area contributed by atoms with Gasteiger partial charge in [-0.2, -0.15) is 0 Å². The Kier molecular flexibility index (Phi) is 7.01. The van der Waals surface area contributed by atoms with Crippen LogP contribution >= 0.6 is 31.9 Å². The Balaban J connectivity index is 1.97. The molecular weight excluding hydrogens is 452 g/mol. The number of carbonyl (C=O) groups is 2. The molecule has 5 nitrogen and oxygen atoms in total. The molecule has 0 spiro atoms. The van der Waals surface area contributed by atoms with Crippen LogP contribution in [0.2, 0.25) is 0 Å². The quantitative estimate of drug-likeness (QED) is 0.633. The summed E-state index contributed by atoms with van der Waals surface area (Å²) in [5.74, 6) is 0.262. The summed E-state index contributed by atoms with van der Waals surface area (Å²) < 4.78 is 7.32. The van der Waals surface area contributed by atoms with Gasteiger partial charge in [0.25, 0.3) is 5.91 Å². The topological polar surface area (TPSA) is 67.4 Å². The van der Waals surface area contributed by atoms with Crippen molar-refractivity contribution in [1.82, 2.24) is 0 Å². The van der Waals surface area contributed by atoms with Gasteiger partial charge < -0.3 is 15.4 Å². The third kappa shape index (κ3) is 5.86. The number of carbonyl (C=O) groups excluding carboxylic acids is 2. The third-order valence-corrected chi connectivity index (χ3v) is 4.34. The van der Waals surface area contributed by atoms with Crippen LogP contribution in [-0.2, 0) is 9.59 Å². The van der Waals surface area contributed by atoms with E-state index in [1.807, 2.05) is 19.1 Å². The SMILES string of the molecule is CCC(=O)Nc1cccc(NC(=O)COc2c(C)cc(Br)cc2Br)c1. The number of nitrogens with one attached hydrogen (secondary N) is 2. The normalized spacial score (nSPS) is 10.2. The molecule has 0 aliphatic rings. The Morgan fingerprint density at radius 2 is 1.68 bits per heavy atom. The van der Waals surface area contributed by atoms with Crippen LogP contribution in [-0.4, -0.2) is 18.4 Å². The maximum atomic E-state index is 12.1. The largest absolute Gasteiger partial charge is 0.482 e. The van der Waals surface area contributed by atoms with Crippen molar-refractivity contribution < 1.29 is 14.3 Å². The molecule has 0 heterocycles. The van der Waals surface area contributed by atoms with Gasteiger partial charge >= 0.3 is 0 Å². The van der Waals surface area contributed by atoms with Crippen molar-refractivity contribution in [2.45, 2.75) is 20.3 Å². The summed E-state index contributed by atoms with van der Waals surface area (Å²) in [6.07, 6.45) is 0.395. The maximum absolute atomic E-state index is 12.1. The maximum Gasteiger partial charge on any atom is 0.262 e. The second-order valence-corrected chi connectivity index (χ2v) is 7.12. The minimum atomic E-state index is -0.284. The lowest BCUT2D eigenvalue weighted by molar-refractivity contribution is -0.118. The smallest absolute Gasteiger partial charge is 0.262 e. The number of rotatable bonds is 6. The average molecular weight is 470 g/mol. The highest BCUT2D eigenvalue weighted by atomic mass is 79.9. The number of hydrogen-bond acceptors (Lipinski definition) is 3. The molecule has 0 aliphatic carbocycles. The molecule has 0 aromatic heterocycles. The zero-order valence-corrected chi connectivity index (χ0v) is 17.0. The Hall–Kier alpha value is -1.86. The van der Waals surface area contributed by atoms with Crippen LogP contribution < -0.4 is 15.4 Å². The molecular formula is C18H18Br2N2O3. The van der Waals surface area contributed by atoms with Crippen molar-refractivity contribution >= 4 is 55.0 Å². The predicted octanol–water partition coefficient (Wildman–Crippen LogP) is 4.89. The van der Waals surface area contributed by atoms with E-state index < -0.39 is 0 Å². The highest BCUT2D eigenvalue weighted by molar-refractivity contribution is 9.11. The first-order valence-corrected chi connectivity index (χ1v) is 9.26. The zero-order chi connectivity index (χ0) is 18.4. The summed E-state index contributed by atoms with van der Waals surface area (Å²) >= 11 is 6.83. The molecule has 0 atom stereocenters. The van der Waals surface area contributed by atoms with Gasteiger partial charge in [-0.15, -0.1) is 0 Å². The van der Waals surface area contributed by atoms with Crippen LogP contribution in [0, 0.1) is 6.92 Å². The number of aryl methyl sites for hydroxylation is 1. The molecule has 2 rings (SSSR count). The Morgan fingerprint density at radius 3 is 2.28 bits per heavy atom. The summed E-state index contributed by atoms with van der Waals surface area (Å²) in [6, 6.07) is 10.8. The van der Waals surface area contributed by atoms with Crippen molar-refractivity contribution in [3.63, 3.8) is 0 Å². The van der Waals surface area contributed by atoms with E-state index in [-0.39, 0.29) is 18.4 Å². The van der Waals surface area contributed by atoms with E-state index in [2.05, 4.69) is 42.5 Å². The molecule has 0 aliphatic heterocycles. The van der Waals surface area contributed by atoms with Crippen molar-refractivity contribution in [2.75, 3.05) is 17.2 Å². The number of amides is 2. The van der Waals surface area contributed by atoms with E-state index in [9.17, 15) is 9.59 Å². The van der Waals surface area contributed by atoms with Crippen LogP contribution in [0.4, 0.5) is 11.4 Å². The molecule has 2 aromatic carbocycles. The minimum Gasteiger partial charge on any atom is -0.482 e. The van der Waals surface area contributed by atoms with Gasteiger partial charge in [-0.1, -0.05) is 28.9 Å². The molecule has 0 fully saturated rings. The molecule has 2 aromatic rings. The molecule has 7 heteroatoms. The van der Waals surface area contributed by atoms with E-state index >= 15 is 0 Å². The van der Waals surface area contributed by atoms with E-state index in [0.29, 0.717) is 23.5 Å². The second-order valence-electron chi connectivity index (χ2n) is 5.35. The summed E-state index contributed by atoms with van der Waals surface area (Å²) in [7, 11) is 0. The molecule has 25 heavy (non-hydrogen) atoms. The zero-order valence-electron chi connectivity index (χ0n) is 13.9. The first kappa shape index (κ1) is 19.5. The predicted molar refractivity (Wildman–Crippen MR) is 106 cm³/mol. The summed E-state index contributed by atoms with van der Waals surface area (Å²) in [5, 5.41) is 5.51. The minimum absolute atomic E-state index is 0.0811. The molecule has 2 N–H and O–H groups in total. The summed E-state index contributed by atoms with van der Waals surface area (Å²) in [4.78, 5) is 23.6. The van der Waals surface area contributed by atoms with E-state index in [1.54, 1.807) is 31.2 Å². The molecule has 2 amide bonds. The Morgan fingerprint density at radius 1 is 1.04 bits per heavy atom. The molecule has 0 bridgehead atoms. The van der Waals surface area contributed by atoms with Crippen LogP contribution in [0.5, 0.6) is 5.75 Å². The average Bonchev–Trinajstić information content (AvgIpc) is 2.54. The van der Waals surface area contributed by atoms with Crippen molar-refractivity contribution in [1.29, 1.82) is 0 Å². The van der Waals surface area contributed by atoms with E-state index in [0.717, 1.165) is 14.5 Å². The molecule has 132 valence electrons. The number of anilines is 2. The van der Waals surface area contributed by atoms with E-state index in [1.165, 1.54) is 0 Å². The first-order chi connectivity index (χ1) is 11.9. The Bertz CT molecular complexity index is 771. The number of benzene rings is 2. The monoisotopic (exact) mass is 468 g/mol. The van der Waals surface area contributed by atoms with Crippen molar-refractivity contribution in [2.24, 2.45) is 0 Å². The van der Waals surface area contributed by atoms with Gasteiger partial charge in [0.1, 0.15) is 5.75 Å². The lowest BCUT2D eigenvalue weighted by Crippen LogP contribution is -2.20. The lowest BCUT2D eigenvalue weighted by Gasteiger charge is -2.12. The van der Waals surface area contributed by atoms with Crippen LogP contribution in [0.15, 0.2) is 45.3 Å². The second kappa shape index (κ2) is 9.01. The van der Waals surface area contributed by atoms with Gasteiger partial charge in [0.15, 0.2) is 6.61 Å². The third-order valence-electron chi connectivity index (χ3n) is 3.29. The first-order valence-electron chi connectivity index (χ1n) is 7.67. The van der Waals surface area contributed by atoms with Crippen molar-refractivity contribution in [3.8, 4) is 5.75 Å². The number of ether oxygens (including phenoxy) is 1. The highest BCUT2D eigenvalue weighted by Crippen LogP contribution is 2.32. The van der Waals surface area contributed by atoms with Gasteiger partial charge in [-0.3, -0.25) is 9.59 Å². The molecule has 0 radical (unpaired) electrons. The summed E-state index contributed by atoms with van der Waals surface area (Å²) in [5.41, 5.74) is 2.14. The van der Waals surface area contributed by atoms with Crippen LogP contribution in [0.3, 0.4) is 0 Å². The van der Waals surface area contributed by atoms with Crippen molar-refractivity contribution in [3.05, 3.63) is 50.9 Å². The summed E-state index contributed by atoms with van der Waals surface area (Å²) in [6.45, 7) is 3.57. The van der Waals surface area contributed by atoms with Gasteiger partial charge in [0.05, 0.1) is 4.47 Å². The lowest BCUT2D eigenvalue weighted by atomic mass is 10.2. The fourth-order valence-corrected chi connectivity index (χ4v) is 3.68. The van der Waals surface area contributed by atoms with Crippen LogP contribution in [0.1, 0.15) is 18.9 Å². The van der Waals surface area contributed by atoms with Gasteiger partial charge in [-0.25, -0.2) is 0 Å². The van der Waals surface area contributed by atoms with Gasteiger partial charge in [0.2, 0.25) is 5.91 Å². The van der Waals surface area contributed by atoms with Gasteiger partial charge in [-0.05, 0) is 58.7 Å². The fourth-order valence-electron chi connectivity index (χ4n) is 2.13. The highest BCUT2D eigenvalue weighted by Gasteiger charge is 2.10. The number of hydrogen-bond donors (Lipinski definition) is 2. The standard InChI is InChI=1S/C18H18Br2N2O3/c1-3-16(23)21-13-5-4-6-14(9-13)22-17(24)10-25-18-11(2)7-12(19)8-15(18)20/h4-9H,3,10H2,1-2H3,(H,21,23)(H,22,24). The number of halogens is 2. The van der Waals surface area contributed by atoms with Gasteiger partial charge in [0, 0.05) is 22.3 Å². The fraction of sp³-hybridized carbons (Fsp3) is 0.222. The molecule has 0 unspecified atom stereocenters. The molecule has 0 saturated heterocycles. The molecule has 0 saturated carbocycles. The van der Waals surface area contributed by atoms with Crippen LogP contribution in [0.25, 0.3) is 0 Å².